The SMILES string of the molecule is O=C(NCCn1cc(SCc2cccc(C(F)(F)F)c2)c2ccccc21)c1c(F)cccc1F. The minimum atomic E-state index is -4.40. The summed E-state index contributed by atoms with van der Waals surface area (Å²) < 4.78 is 68.5. The molecule has 34 heavy (non-hydrogen) atoms. The maximum absolute atomic E-state index is 13.8. The van der Waals surface area contributed by atoms with Gasteiger partial charge in [-0.25, -0.2) is 8.78 Å². The molecule has 3 aromatic carbocycles. The highest BCUT2D eigenvalue weighted by molar-refractivity contribution is 7.98. The van der Waals surface area contributed by atoms with Crippen LogP contribution in [-0.4, -0.2) is 17.0 Å². The fourth-order valence-electron chi connectivity index (χ4n) is 3.60. The van der Waals surface area contributed by atoms with E-state index in [0.717, 1.165) is 40.1 Å². The molecule has 176 valence electrons. The van der Waals surface area contributed by atoms with E-state index in [2.05, 4.69) is 5.32 Å². The van der Waals surface area contributed by atoms with Crippen LogP contribution in [0, 0.1) is 11.6 Å². The topological polar surface area (TPSA) is 34.0 Å². The number of aromatic nitrogens is 1. The van der Waals surface area contributed by atoms with Gasteiger partial charge in [-0.15, -0.1) is 11.8 Å². The fourth-order valence-corrected chi connectivity index (χ4v) is 4.64. The second-order valence-electron chi connectivity index (χ2n) is 7.54. The number of nitrogens with zero attached hydrogens (tertiary/aromatic N) is 1. The summed E-state index contributed by atoms with van der Waals surface area (Å²) in [5.74, 6) is -2.36. The Bertz CT molecular complexity index is 1310. The number of halogens is 5. The Balaban J connectivity index is 1.46. The van der Waals surface area contributed by atoms with Crippen molar-refractivity contribution in [2.75, 3.05) is 6.54 Å². The zero-order valence-corrected chi connectivity index (χ0v) is 18.5. The summed E-state index contributed by atoms with van der Waals surface area (Å²) >= 11 is 1.41. The second-order valence-corrected chi connectivity index (χ2v) is 8.56. The van der Waals surface area contributed by atoms with Crippen molar-refractivity contribution in [3.63, 3.8) is 0 Å². The van der Waals surface area contributed by atoms with Gasteiger partial charge in [-0.05, 0) is 29.8 Å². The number of hydrogen-bond acceptors (Lipinski definition) is 2. The monoisotopic (exact) mass is 490 g/mol. The van der Waals surface area contributed by atoms with Crippen LogP contribution in [0.4, 0.5) is 22.0 Å². The van der Waals surface area contributed by atoms with Crippen molar-refractivity contribution >= 4 is 28.6 Å². The molecule has 0 atom stereocenters. The summed E-state index contributed by atoms with van der Waals surface area (Å²) in [4.78, 5) is 13.1. The Morgan fingerprint density at radius 3 is 2.38 bits per heavy atom. The molecule has 0 unspecified atom stereocenters. The molecule has 0 aliphatic rings. The first-order valence-electron chi connectivity index (χ1n) is 10.3. The van der Waals surface area contributed by atoms with Gasteiger partial charge in [-0.1, -0.05) is 42.5 Å². The minimum absolute atomic E-state index is 0.128. The molecule has 0 aliphatic heterocycles. The molecule has 4 rings (SSSR count). The van der Waals surface area contributed by atoms with Gasteiger partial charge in [-0.3, -0.25) is 4.79 Å². The third kappa shape index (κ3) is 5.25. The van der Waals surface area contributed by atoms with E-state index in [4.69, 9.17) is 0 Å². The van der Waals surface area contributed by atoms with Crippen molar-refractivity contribution in [2.24, 2.45) is 0 Å². The van der Waals surface area contributed by atoms with Gasteiger partial charge in [0, 0.05) is 40.8 Å². The Morgan fingerprint density at radius 2 is 1.65 bits per heavy atom. The highest BCUT2D eigenvalue weighted by atomic mass is 32.2. The van der Waals surface area contributed by atoms with Crippen LogP contribution in [0.15, 0.2) is 77.8 Å². The fraction of sp³-hybridized carbons (Fsp3) is 0.160. The molecule has 1 heterocycles. The van der Waals surface area contributed by atoms with Gasteiger partial charge >= 0.3 is 6.18 Å². The molecule has 0 fully saturated rings. The van der Waals surface area contributed by atoms with Gasteiger partial charge in [0.15, 0.2) is 0 Å². The molecule has 1 amide bonds. The number of nitrogens with one attached hydrogen (secondary N) is 1. The lowest BCUT2D eigenvalue weighted by molar-refractivity contribution is -0.137. The van der Waals surface area contributed by atoms with E-state index < -0.39 is 34.8 Å². The number of hydrogen-bond donors (Lipinski definition) is 1. The maximum Gasteiger partial charge on any atom is 0.416 e. The standard InChI is InChI=1S/C25H19F5N2OS/c26-19-8-4-9-20(27)23(19)24(33)31-11-12-32-14-22(18-7-1-2-10-21(18)32)34-15-16-5-3-6-17(13-16)25(28,29)30/h1-10,13-14H,11-12,15H2,(H,31,33). The van der Waals surface area contributed by atoms with Gasteiger partial charge < -0.3 is 9.88 Å². The first-order valence-corrected chi connectivity index (χ1v) is 11.3. The van der Waals surface area contributed by atoms with E-state index in [-0.39, 0.29) is 6.54 Å². The van der Waals surface area contributed by atoms with Gasteiger partial charge in [0.05, 0.1) is 5.56 Å². The number of amides is 1. The Hall–Kier alpha value is -3.33. The van der Waals surface area contributed by atoms with Gasteiger partial charge in [0.1, 0.15) is 17.2 Å². The molecule has 0 spiro atoms. The number of fused-ring (bicyclic) bond motifs is 1. The van der Waals surface area contributed by atoms with Crippen molar-refractivity contribution in [1.29, 1.82) is 0 Å². The van der Waals surface area contributed by atoms with Gasteiger partial charge in [-0.2, -0.15) is 13.2 Å². The summed E-state index contributed by atoms with van der Waals surface area (Å²) in [5.41, 5.74) is 0.114. The maximum atomic E-state index is 13.8. The summed E-state index contributed by atoms with van der Waals surface area (Å²) in [6.07, 6.45) is -2.54. The highest BCUT2D eigenvalue weighted by Gasteiger charge is 2.30. The molecular weight excluding hydrogens is 471 g/mol. The zero-order chi connectivity index (χ0) is 24.3. The Morgan fingerprint density at radius 1 is 0.941 bits per heavy atom. The van der Waals surface area contributed by atoms with Crippen LogP contribution in [0.5, 0.6) is 0 Å². The number of carbonyl (C=O) groups is 1. The summed E-state index contributed by atoms with van der Waals surface area (Å²) in [6, 6.07) is 16.0. The van der Waals surface area contributed by atoms with Gasteiger partial charge in [0.2, 0.25) is 0 Å². The molecule has 3 nitrogen and oxygen atoms in total. The van der Waals surface area contributed by atoms with Crippen LogP contribution in [0.25, 0.3) is 10.9 Å². The lowest BCUT2D eigenvalue weighted by Gasteiger charge is -2.09. The summed E-state index contributed by atoms with van der Waals surface area (Å²) in [7, 11) is 0. The third-order valence-corrected chi connectivity index (χ3v) is 6.34. The van der Waals surface area contributed by atoms with Crippen LogP contribution in [-0.2, 0) is 18.5 Å². The van der Waals surface area contributed by atoms with Crippen molar-refractivity contribution < 1.29 is 26.7 Å². The Kier molecular flexibility index (Phi) is 6.92. The first kappa shape index (κ1) is 23.8. The molecule has 4 aromatic rings. The summed E-state index contributed by atoms with van der Waals surface area (Å²) in [5, 5.41) is 3.45. The van der Waals surface area contributed by atoms with E-state index in [9.17, 15) is 26.7 Å². The lowest BCUT2D eigenvalue weighted by atomic mass is 10.1. The highest BCUT2D eigenvalue weighted by Crippen LogP contribution is 2.34. The number of alkyl halides is 3. The quantitative estimate of drug-likeness (QED) is 0.232. The minimum Gasteiger partial charge on any atom is -0.350 e. The molecular formula is C25H19F5N2OS. The van der Waals surface area contributed by atoms with Crippen LogP contribution in [0.1, 0.15) is 21.5 Å². The number of carbonyl (C=O) groups excluding carboxylic acids is 1. The van der Waals surface area contributed by atoms with Crippen molar-refractivity contribution in [3.8, 4) is 0 Å². The predicted molar refractivity (Wildman–Crippen MR) is 122 cm³/mol. The Labute approximate surface area is 196 Å². The third-order valence-electron chi connectivity index (χ3n) is 5.23. The summed E-state index contributed by atoms with van der Waals surface area (Å²) in [6.45, 7) is 0.468. The normalized spacial score (nSPS) is 11.7. The van der Waals surface area contributed by atoms with Crippen molar-refractivity contribution in [1.82, 2.24) is 9.88 Å². The van der Waals surface area contributed by atoms with Crippen LogP contribution >= 0.6 is 11.8 Å². The molecule has 0 saturated heterocycles. The molecule has 9 heteroatoms. The van der Waals surface area contributed by atoms with E-state index in [1.54, 1.807) is 6.07 Å². The number of para-hydroxylation sites is 1. The molecule has 0 radical (unpaired) electrons. The molecule has 0 aliphatic carbocycles. The number of benzene rings is 3. The van der Waals surface area contributed by atoms with E-state index in [1.165, 1.54) is 23.9 Å². The lowest BCUT2D eigenvalue weighted by Crippen LogP contribution is -2.28. The number of rotatable bonds is 7. The van der Waals surface area contributed by atoms with Crippen LogP contribution in [0.3, 0.4) is 0 Å². The van der Waals surface area contributed by atoms with Crippen LogP contribution in [0.2, 0.25) is 0 Å². The van der Waals surface area contributed by atoms with Crippen LogP contribution < -0.4 is 5.32 Å². The number of thioether (sulfide) groups is 1. The second kappa shape index (κ2) is 9.89. The predicted octanol–water partition coefficient (Wildman–Crippen LogP) is 6.66. The largest absolute Gasteiger partial charge is 0.416 e. The average molecular weight is 490 g/mol. The van der Waals surface area contributed by atoms with Crippen molar-refractivity contribution in [3.05, 3.63) is 101 Å². The molecule has 0 saturated carbocycles. The molecule has 0 bridgehead atoms. The van der Waals surface area contributed by atoms with Gasteiger partial charge in [0.25, 0.3) is 5.91 Å². The average Bonchev–Trinajstić information content (AvgIpc) is 3.15. The first-order chi connectivity index (χ1) is 16.2. The van der Waals surface area contributed by atoms with E-state index >= 15 is 0 Å². The molecule has 1 N–H and O–H groups in total. The van der Waals surface area contributed by atoms with E-state index in [1.807, 2.05) is 35.0 Å². The molecule has 1 aromatic heterocycles. The van der Waals surface area contributed by atoms with Crippen molar-refractivity contribution in [2.45, 2.75) is 23.4 Å². The van der Waals surface area contributed by atoms with E-state index in [0.29, 0.717) is 17.9 Å². The zero-order valence-electron chi connectivity index (χ0n) is 17.7. The smallest absolute Gasteiger partial charge is 0.350 e.